The van der Waals surface area contributed by atoms with E-state index in [0.717, 1.165) is 32.5 Å². The molecule has 0 atom stereocenters. The van der Waals surface area contributed by atoms with Crippen molar-refractivity contribution in [1.29, 1.82) is 0 Å². The van der Waals surface area contributed by atoms with Crippen molar-refractivity contribution in [2.24, 2.45) is 5.92 Å². The van der Waals surface area contributed by atoms with E-state index < -0.39 is 0 Å². The highest BCUT2D eigenvalue weighted by molar-refractivity contribution is 6.33. The van der Waals surface area contributed by atoms with Crippen LogP contribution < -0.4 is 0 Å². The van der Waals surface area contributed by atoms with Gasteiger partial charge >= 0.3 is 0 Å². The average molecular weight is 269 g/mol. The zero-order valence-electron chi connectivity index (χ0n) is 10.4. The Morgan fingerprint density at radius 2 is 2.28 bits per heavy atom. The molecule has 1 aliphatic rings. The SMILES string of the molecule is COCC1CCN(C(=O)c2ccncc2Cl)CC1. The van der Waals surface area contributed by atoms with Crippen molar-refractivity contribution in [2.75, 3.05) is 26.8 Å². The van der Waals surface area contributed by atoms with Crippen LogP contribution in [0.3, 0.4) is 0 Å². The molecule has 2 heterocycles. The number of rotatable bonds is 3. The quantitative estimate of drug-likeness (QED) is 0.844. The largest absolute Gasteiger partial charge is 0.384 e. The lowest BCUT2D eigenvalue weighted by atomic mass is 9.97. The molecule has 2 rings (SSSR count). The Morgan fingerprint density at radius 1 is 1.56 bits per heavy atom. The number of amides is 1. The Kier molecular flexibility index (Phi) is 4.55. The Morgan fingerprint density at radius 3 is 2.89 bits per heavy atom. The highest BCUT2D eigenvalue weighted by Gasteiger charge is 2.24. The Balaban J connectivity index is 1.98. The molecule has 1 aliphatic heterocycles. The fourth-order valence-electron chi connectivity index (χ4n) is 2.26. The van der Waals surface area contributed by atoms with E-state index in [9.17, 15) is 4.79 Å². The zero-order valence-corrected chi connectivity index (χ0v) is 11.2. The number of hydrogen-bond acceptors (Lipinski definition) is 3. The number of likely N-dealkylation sites (tertiary alicyclic amines) is 1. The van der Waals surface area contributed by atoms with Crippen LogP contribution in [0, 0.1) is 5.92 Å². The lowest BCUT2D eigenvalue weighted by Crippen LogP contribution is -2.39. The summed E-state index contributed by atoms with van der Waals surface area (Å²) in [5.74, 6) is 0.560. The molecule has 0 radical (unpaired) electrons. The normalized spacial score (nSPS) is 16.9. The summed E-state index contributed by atoms with van der Waals surface area (Å²) in [7, 11) is 1.72. The first-order valence-corrected chi connectivity index (χ1v) is 6.48. The van der Waals surface area contributed by atoms with Gasteiger partial charge < -0.3 is 9.64 Å². The molecule has 0 bridgehead atoms. The van der Waals surface area contributed by atoms with E-state index in [1.807, 2.05) is 4.90 Å². The van der Waals surface area contributed by atoms with E-state index in [2.05, 4.69) is 4.98 Å². The average Bonchev–Trinajstić information content (AvgIpc) is 2.40. The first-order chi connectivity index (χ1) is 8.72. The molecule has 1 fully saturated rings. The van der Waals surface area contributed by atoms with E-state index in [-0.39, 0.29) is 5.91 Å². The Labute approximate surface area is 112 Å². The van der Waals surface area contributed by atoms with Gasteiger partial charge in [0.2, 0.25) is 0 Å². The van der Waals surface area contributed by atoms with Gasteiger partial charge in [-0.1, -0.05) is 11.6 Å². The van der Waals surface area contributed by atoms with Gasteiger partial charge in [0.1, 0.15) is 0 Å². The summed E-state index contributed by atoms with van der Waals surface area (Å²) in [6.07, 6.45) is 5.08. The molecule has 5 heteroatoms. The van der Waals surface area contributed by atoms with Gasteiger partial charge in [-0.05, 0) is 24.8 Å². The highest BCUT2D eigenvalue weighted by atomic mass is 35.5. The number of methoxy groups -OCH3 is 1. The predicted molar refractivity (Wildman–Crippen MR) is 69.8 cm³/mol. The fraction of sp³-hybridized carbons (Fsp3) is 0.538. The summed E-state index contributed by atoms with van der Waals surface area (Å²) in [6.45, 7) is 2.31. The van der Waals surface area contributed by atoms with Crippen LogP contribution in [0.1, 0.15) is 23.2 Å². The van der Waals surface area contributed by atoms with E-state index in [1.165, 1.54) is 6.20 Å². The highest BCUT2D eigenvalue weighted by Crippen LogP contribution is 2.21. The van der Waals surface area contributed by atoms with Gasteiger partial charge in [0.25, 0.3) is 5.91 Å². The molecule has 4 nitrogen and oxygen atoms in total. The molecule has 1 aromatic heterocycles. The van der Waals surface area contributed by atoms with Gasteiger partial charge in [-0.15, -0.1) is 0 Å². The Bertz CT molecular complexity index is 417. The molecule has 0 spiro atoms. The molecule has 18 heavy (non-hydrogen) atoms. The van der Waals surface area contributed by atoms with Crippen LogP contribution in [0.25, 0.3) is 0 Å². The number of carbonyl (C=O) groups excluding carboxylic acids is 1. The van der Waals surface area contributed by atoms with E-state index >= 15 is 0 Å². The second-order valence-electron chi connectivity index (χ2n) is 4.55. The topological polar surface area (TPSA) is 42.4 Å². The van der Waals surface area contributed by atoms with Gasteiger partial charge in [-0.3, -0.25) is 9.78 Å². The van der Waals surface area contributed by atoms with Gasteiger partial charge in [0.05, 0.1) is 10.6 Å². The first-order valence-electron chi connectivity index (χ1n) is 6.10. The second-order valence-corrected chi connectivity index (χ2v) is 4.95. The van der Waals surface area contributed by atoms with Crippen molar-refractivity contribution in [3.05, 3.63) is 29.0 Å². The number of aromatic nitrogens is 1. The molecule has 98 valence electrons. The first kappa shape index (κ1) is 13.3. The van der Waals surface area contributed by atoms with Crippen molar-refractivity contribution in [1.82, 2.24) is 9.88 Å². The van der Waals surface area contributed by atoms with Crippen LogP contribution in [-0.2, 0) is 4.74 Å². The minimum atomic E-state index is -0.00160. The third kappa shape index (κ3) is 3.00. The third-order valence-corrected chi connectivity index (χ3v) is 3.61. The van der Waals surface area contributed by atoms with Crippen LogP contribution >= 0.6 is 11.6 Å². The summed E-state index contributed by atoms with van der Waals surface area (Å²) in [5, 5.41) is 0.418. The minimum absolute atomic E-state index is 0.00160. The standard InChI is InChI=1S/C13H17ClN2O2/c1-18-9-10-3-6-16(7-4-10)13(17)11-2-5-15-8-12(11)14/h2,5,8,10H,3-4,6-7,9H2,1H3. The number of pyridine rings is 1. The number of halogens is 1. The van der Waals surface area contributed by atoms with Crippen LogP contribution in [-0.4, -0.2) is 42.6 Å². The maximum Gasteiger partial charge on any atom is 0.255 e. The summed E-state index contributed by atoms with van der Waals surface area (Å²) in [6, 6.07) is 1.67. The predicted octanol–water partition coefficient (Wildman–Crippen LogP) is 2.23. The van der Waals surface area contributed by atoms with Crippen molar-refractivity contribution >= 4 is 17.5 Å². The number of hydrogen-bond donors (Lipinski definition) is 0. The molecular weight excluding hydrogens is 252 g/mol. The van der Waals surface area contributed by atoms with E-state index in [4.69, 9.17) is 16.3 Å². The van der Waals surface area contributed by atoms with Gasteiger partial charge in [0.15, 0.2) is 0 Å². The monoisotopic (exact) mass is 268 g/mol. The van der Waals surface area contributed by atoms with Gasteiger partial charge in [-0.25, -0.2) is 0 Å². The van der Waals surface area contributed by atoms with Crippen molar-refractivity contribution < 1.29 is 9.53 Å². The van der Waals surface area contributed by atoms with Crippen LogP contribution in [0.5, 0.6) is 0 Å². The number of nitrogens with zero attached hydrogens (tertiary/aromatic N) is 2. The molecule has 1 amide bonds. The fourth-order valence-corrected chi connectivity index (χ4v) is 2.46. The zero-order chi connectivity index (χ0) is 13.0. The molecular formula is C13H17ClN2O2. The van der Waals surface area contributed by atoms with Gasteiger partial charge in [0, 0.05) is 39.2 Å². The van der Waals surface area contributed by atoms with Crippen molar-refractivity contribution in [3.63, 3.8) is 0 Å². The van der Waals surface area contributed by atoms with Crippen LogP contribution in [0.4, 0.5) is 0 Å². The summed E-state index contributed by atoms with van der Waals surface area (Å²) < 4.78 is 5.15. The molecule has 0 unspecified atom stereocenters. The summed E-state index contributed by atoms with van der Waals surface area (Å²) in [5.41, 5.74) is 0.539. The van der Waals surface area contributed by atoms with Gasteiger partial charge in [-0.2, -0.15) is 0 Å². The van der Waals surface area contributed by atoms with Crippen LogP contribution in [0.2, 0.25) is 5.02 Å². The minimum Gasteiger partial charge on any atom is -0.384 e. The van der Waals surface area contributed by atoms with Crippen LogP contribution in [0.15, 0.2) is 18.5 Å². The van der Waals surface area contributed by atoms with Crippen molar-refractivity contribution in [2.45, 2.75) is 12.8 Å². The van der Waals surface area contributed by atoms with Crippen molar-refractivity contribution in [3.8, 4) is 0 Å². The molecule has 0 aliphatic carbocycles. The third-order valence-electron chi connectivity index (χ3n) is 3.31. The second kappa shape index (κ2) is 6.16. The smallest absolute Gasteiger partial charge is 0.255 e. The summed E-state index contributed by atoms with van der Waals surface area (Å²) >= 11 is 5.99. The van der Waals surface area contributed by atoms with E-state index in [1.54, 1.807) is 19.4 Å². The molecule has 0 aromatic carbocycles. The van der Waals surface area contributed by atoms with E-state index in [0.29, 0.717) is 16.5 Å². The lowest BCUT2D eigenvalue weighted by Gasteiger charge is -2.31. The molecule has 1 aromatic rings. The number of piperidine rings is 1. The maximum atomic E-state index is 12.3. The molecule has 1 saturated heterocycles. The number of ether oxygens (including phenoxy) is 1. The lowest BCUT2D eigenvalue weighted by molar-refractivity contribution is 0.0613. The molecule has 0 N–H and O–H groups in total. The summed E-state index contributed by atoms with van der Waals surface area (Å²) in [4.78, 5) is 18.0. The Hall–Kier alpha value is -1.13. The molecule has 0 saturated carbocycles. The maximum absolute atomic E-state index is 12.3. The number of carbonyl (C=O) groups is 1.